The molecule has 0 aliphatic heterocycles. The molecule has 0 aliphatic carbocycles. The Morgan fingerprint density at radius 3 is 2.74 bits per heavy atom. The molecule has 0 bridgehead atoms. The van der Waals surface area contributed by atoms with Gasteiger partial charge >= 0.3 is 0 Å². The summed E-state index contributed by atoms with van der Waals surface area (Å²) in [6.07, 6.45) is 0. The molecule has 0 N–H and O–H groups in total. The van der Waals surface area contributed by atoms with Crippen LogP contribution in [0.3, 0.4) is 0 Å². The van der Waals surface area contributed by atoms with Crippen molar-refractivity contribution in [3.8, 4) is 11.4 Å². The molecule has 0 saturated carbocycles. The molecule has 0 aliphatic rings. The van der Waals surface area contributed by atoms with Gasteiger partial charge in [-0.3, -0.25) is 0 Å². The molecule has 0 saturated heterocycles. The number of halogens is 1. The Labute approximate surface area is 115 Å². The SMILES string of the molecule is CC(C)Cn1nnnc1-c1cccc(S(=O)(=O)Cl)c1. The molecule has 1 aromatic carbocycles. The lowest BCUT2D eigenvalue weighted by atomic mass is 10.2. The van der Waals surface area contributed by atoms with Gasteiger partial charge in [0, 0.05) is 22.8 Å². The Bertz CT molecular complexity index is 682. The average Bonchev–Trinajstić information content (AvgIpc) is 2.75. The van der Waals surface area contributed by atoms with E-state index in [1.165, 1.54) is 12.1 Å². The van der Waals surface area contributed by atoms with Crippen LogP contribution in [0.5, 0.6) is 0 Å². The monoisotopic (exact) mass is 300 g/mol. The highest BCUT2D eigenvalue weighted by molar-refractivity contribution is 8.13. The van der Waals surface area contributed by atoms with Crippen LogP contribution < -0.4 is 0 Å². The summed E-state index contributed by atoms with van der Waals surface area (Å²) < 4.78 is 24.3. The van der Waals surface area contributed by atoms with Crippen molar-refractivity contribution >= 4 is 19.7 Å². The van der Waals surface area contributed by atoms with Crippen molar-refractivity contribution in [3.05, 3.63) is 24.3 Å². The van der Waals surface area contributed by atoms with E-state index in [2.05, 4.69) is 15.5 Å². The van der Waals surface area contributed by atoms with Gasteiger partial charge in [0.25, 0.3) is 9.05 Å². The third kappa shape index (κ3) is 3.30. The minimum atomic E-state index is -3.76. The summed E-state index contributed by atoms with van der Waals surface area (Å²) in [5.74, 6) is 0.901. The topological polar surface area (TPSA) is 77.7 Å². The predicted molar refractivity (Wildman–Crippen MR) is 71.1 cm³/mol. The van der Waals surface area contributed by atoms with Crippen LogP contribution in [0.25, 0.3) is 11.4 Å². The van der Waals surface area contributed by atoms with Crippen molar-refractivity contribution in [2.75, 3.05) is 0 Å². The molecule has 1 heterocycles. The average molecular weight is 301 g/mol. The number of hydrogen-bond donors (Lipinski definition) is 0. The summed E-state index contributed by atoms with van der Waals surface area (Å²) in [5, 5.41) is 11.4. The summed E-state index contributed by atoms with van der Waals surface area (Å²) in [4.78, 5) is 0.0331. The summed E-state index contributed by atoms with van der Waals surface area (Å²) in [6, 6.07) is 6.25. The number of hydrogen-bond acceptors (Lipinski definition) is 5. The first-order valence-corrected chi connectivity index (χ1v) is 8.00. The third-order valence-electron chi connectivity index (χ3n) is 2.44. The Morgan fingerprint density at radius 1 is 1.37 bits per heavy atom. The number of aromatic nitrogens is 4. The second-order valence-electron chi connectivity index (χ2n) is 4.54. The molecule has 0 spiro atoms. The molecule has 6 nitrogen and oxygen atoms in total. The van der Waals surface area contributed by atoms with Crippen LogP contribution in [0.15, 0.2) is 29.2 Å². The molecule has 0 fully saturated rings. The maximum absolute atomic E-state index is 11.3. The van der Waals surface area contributed by atoms with Gasteiger partial charge in [-0.1, -0.05) is 26.0 Å². The van der Waals surface area contributed by atoms with Gasteiger partial charge in [-0.2, -0.15) is 0 Å². The van der Waals surface area contributed by atoms with E-state index in [4.69, 9.17) is 10.7 Å². The number of tetrazole rings is 1. The zero-order valence-electron chi connectivity index (χ0n) is 10.5. The lowest BCUT2D eigenvalue weighted by Gasteiger charge is -2.07. The molecule has 0 atom stereocenters. The van der Waals surface area contributed by atoms with Crippen molar-refractivity contribution in [1.82, 2.24) is 20.2 Å². The van der Waals surface area contributed by atoms with E-state index in [9.17, 15) is 8.42 Å². The quantitative estimate of drug-likeness (QED) is 0.806. The van der Waals surface area contributed by atoms with E-state index in [-0.39, 0.29) is 4.90 Å². The van der Waals surface area contributed by atoms with E-state index in [1.807, 2.05) is 13.8 Å². The molecule has 2 rings (SSSR count). The molecule has 8 heteroatoms. The van der Waals surface area contributed by atoms with E-state index >= 15 is 0 Å². The van der Waals surface area contributed by atoms with Gasteiger partial charge < -0.3 is 0 Å². The highest BCUT2D eigenvalue weighted by Crippen LogP contribution is 2.22. The lowest BCUT2D eigenvalue weighted by Crippen LogP contribution is -2.08. The van der Waals surface area contributed by atoms with Gasteiger partial charge in [0.2, 0.25) is 0 Å². The molecular formula is C11H13ClN4O2S. The third-order valence-corrected chi connectivity index (χ3v) is 3.80. The summed E-state index contributed by atoms with van der Waals surface area (Å²) in [7, 11) is 1.57. The van der Waals surface area contributed by atoms with Gasteiger partial charge in [-0.15, -0.1) is 5.10 Å². The highest BCUT2D eigenvalue weighted by Gasteiger charge is 2.14. The molecule has 19 heavy (non-hydrogen) atoms. The number of rotatable bonds is 4. The minimum Gasteiger partial charge on any atom is -0.225 e. The van der Waals surface area contributed by atoms with Gasteiger partial charge in [0.15, 0.2) is 5.82 Å². The van der Waals surface area contributed by atoms with Crippen molar-refractivity contribution in [3.63, 3.8) is 0 Å². The number of nitrogens with zero attached hydrogens (tertiary/aromatic N) is 4. The second kappa shape index (κ2) is 5.26. The molecule has 0 amide bonds. The fraction of sp³-hybridized carbons (Fsp3) is 0.364. The fourth-order valence-corrected chi connectivity index (χ4v) is 2.46. The molecular weight excluding hydrogens is 288 g/mol. The largest absolute Gasteiger partial charge is 0.261 e. The lowest BCUT2D eigenvalue weighted by molar-refractivity contribution is 0.475. The zero-order chi connectivity index (χ0) is 14.0. The molecule has 2 aromatic rings. The fourth-order valence-electron chi connectivity index (χ4n) is 1.67. The highest BCUT2D eigenvalue weighted by atomic mass is 35.7. The first-order valence-electron chi connectivity index (χ1n) is 5.69. The van der Waals surface area contributed by atoms with E-state index in [0.29, 0.717) is 23.9 Å². The van der Waals surface area contributed by atoms with Gasteiger partial charge in [0.05, 0.1) is 4.90 Å². The van der Waals surface area contributed by atoms with Crippen molar-refractivity contribution in [1.29, 1.82) is 0 Å². The molecule has 1 aromatic heterocycles. The zero-order valence-corrected chi connectivity index (χ0v) is 12.1. The van der Waals surface area contributed by atoms with Gasteiger partial charge in [-0.25, -0.2) is 13.1 Å². The van der Waals surface area contributed by atoms with Crippen LogP contribution in [0.4, 0.5) is 0 Å². The molecule has 0 radical (unpaired) electrons. The summed E-state index contributed by atoms with van der Waals surface area (Å²) >= 11 is 0. The number of benzene rings is 1. The van der Waals surface area contributed by atoms with Crippen molar-refractivity contribution in [2.45, 2.75) is 25.3 Å². The Kier molecular flexibility index (Phi) is 3.86. The van der Waals surface area contributed by atoms with Crippen molar-refractivity contribution < 1.29 is 8.42 Å². The maximum Gasteiger partial charge on any atom is 0.261 e. The Hall–Kier alpha value is -1.47. The molecule has 0 unspecified atom stereocenters. The predicted octanol–water partition coefficient (Wildman–Crippen LogP) is 1.92. The van der Waals surface area contributed by atoms with Crippen LogP contribution in [-0.2, 0) is 15.6 Å². The molecule has 102 valence electrons. The standard InChI is InChI=1S/C11H13ClN4O2S/c1-8(2)7-16-11(13-14-15-16)9-4-3-5-10(6-9)19(12,17)18/h3-6,8H,7H2,1-2H3. The van der Waals surface area contributed by atoms with Gasteiger partial charge in [0.1, 0.15) is 0 Å². The van der Waals surface area contributed by atoms with Crippen molar-refractivity contribution in [2.24, 2.45) is 5.92 Å². The normalized spacial score (nSPS) is 12.0. The summed E-state index contributed by atoms with van der Waals surface area (Å²) in [5.41, 5.74) is 0.618. The smallest absolute Gasteiger partial charge is 0.225 e. The van der Waals surface area contributed by atoms with Crippen LogP contribution in [0.1, 0.15) is 13.8 Å². The Balaban J connectivity index is 2.46. The summed E-state index contributed by atoms with van der Waals surface area (Å²) in [6.45, 7) is 4.75. The van der Waals surface area contributed by atoms with Crippen LogP contribution in [-0.4, -0.2) is 28.6 Å². The first-order chi connectivity index (χ1) is 8.88. The van der Waals surface area contributed by atoms with E-state index in [1.54, 1.807) is 16.8 Å². The van der Waals surface area contributed by atoms with Gasteiger partial charge in [-0.05, 0) is 28.5 Å². The Morgan fingerprint density at radius 2 is 2.11 bits per heavy atom. The van der Waals surface area contributed by atoms with Crippen LogP contribution in [0, 0.1) is 5.92 Å². The minimum absolute atomic E-state index is 0.0331. The van der Waals surface area contributed by atoms with Crippen LogP contribution >= 0.6 is 10.7 Å². The first kappa shape index (κ1) is 14.0. The van der Waals surface area contributed by atoms with Crippen LogP contribution in [0.2, 0.25) is 0 Å². The van der Waals surface area contributed by atoms with E-state index in [0.717, 1.165) is 0 Å². The van der Waals surface area contributed by atoms with E-state index < -0.39 is 9.05 Å². The maximum atomic E-state index is 11.3. The second-order valence-corrected chi connectivity index (χ2v) is 7.11.